The van der Waals surface area contributed by atoms with Gasteiger partial charge in [0, 0.05) is 55.2 Å². The van der Waals surface area contributed by atoms with Crippen molar-refractivity contribution in [2.45, 2.75) is 32.7 Å². The molecule has 0 bridgehead atoms. The van der Waals surface area contributed by atoms with Crippen LogP contribution in [0.25, 0.3) is 6.08 Å². The van der Waals surface area contributed by atoms with Gasteiger partial charge in [-0.3, -0.25) is 0 Å². The van der Waals surface area contributed by atoms with Crippen molar-refractivity contribution >= 4 is 27.1 Å². The van der Waals surface area contributed by atoms with Gasteiger partial charge in [0.05, 0.1) is 12.1 Å². The summed E-state index contributed by atoms with van der Waals surface area (Å²) in [6.07, 6.45) is 17.7. The monoisotopic (exact) mass is 491 g/mol. The maximum absolute atomic E-state index is 5.48. The van der Waals surface area contributed by atoms with Gasteiger partial charge in [-0.2, -0.15) is 4.57 Å². The number of hydrogen-bond donors (Lipinski definition) is 0. The van der Waals surface area contributed by atoms with E-state index < -0.39 is 0 Å². The van der Waals surface area contributed by atoms with Crippen molar-refractivity contribution in [3.63, 3.8) is 0 Å². The van der Waals surface area contributed by atoms with Crippen molar-refractivity contribution in [3.8, 4) is 36.5 Å². The average molecular weight is 491 g/mol. The number of aryl methyl sites for hydroxylation is 1. The maximum atomic E-state index is 5.48. The minimum atomic E-state index is -0.344. The van der Waals surface area contributed by atoms with Gasteiger partial charge in [0.15, 0.2) is 12.7 Å². The van der Waals surface area contributed by atoms with E-state index in [1.807, 2.05) is 24.4 Å². The van der Waals surface area contributed by atoms with Crippen molar-refractivity contribution in [1.29, 1.82) is 0 Å². The molecular weight excluding hydrogens is 467 g/mol. The zero-order valence-electron chi connectivity index (χ0n) is 16.7. The van der Waals surface area contributed by atoms with Gasteiger partial charge in [-0.15, -0.1) is 24.7 Å². The van der Waals surface area contributed by atoms with Crippen molar-refractivity contribution in [1.82, 2.24) is 3.11 Å². The zero-order chi connectivity index (χ0) is 20.5. The molecule has 144 valence electrons. The van der Waals surface area contributed by atoms with Gasteiger partial charge in [0.2, 0.25) is 0 Å². The lowest BCUT2D eigenvalue weighted by molar-refractivity contribution is -0.698. The molecule has 0 aliphatic carbocycles. The Kier molecular flexibility index (Phi) is 7.69. The molecule has 0 amide bonds. The molecule has 0 N–H and O–H groups in total. The van der Waals surface area contributed by atoms with E-state index >= 15 is 0 Å². The Morgan fingerprint density at radius 2 is 1.79 bits per heavy atom. The van der Waals surface area contributed by atoms with Gasteiger partial charge in [-0.25, -0.2) is 0 Å². The van der Waals surface area contributed by atoms with E-state index in [1.54, 1.807) is 0 Å². The summed E-state index contributed by atoms with van der Waals surface area (Å²) >= 11 is -0.344. The number of nitrogens with zero attached hydrogens (tertiary/aromatic N) is 2. The highest BCUT2D eigenvalue weighted by atomic mass is 127. The number of aromatic nitrogens is 1. The standard InChI is InChI=1S/C26H24IN2/c1-4-6-11-20-29-26(22(3)21-23-13-8-9-15-25(23)27-29)17-16-24-14-10-12-19-28(24)18-7-5-2/h1-2,8-10,12-15,19,21H,6-7,11,18,20H2,3H3/q+1. The number of unbranched alkanes of at least 4 members (excludes halogenated alkanes) is 1. The van der Waals surface area contributed by atoms with Crippen LogP contribution in [-0.4, -0.2) is 9.66 Å². The van der Waals surface area contributed by atoms with Gasteiger partial charge in [0.1, 0.15) is 0 Å². The molecule has 0 saturated carbocycles. The lowest BCUT2D eigenvalue weighted by Gasteiger charge is -2.19. The molecule has 2 nitrogen and oxygen atoms in total. The van der Waals surface area contributed by atoms with Gasteiger partial charge < -0.3 is 3.11 Å². The first kappa shape index (κ1) is 20.9. The van der Waals surface area contributed by atoms with Crippen LogP contribution in [0.5, 0.6) is 0 Å². The van der Waals surface area contributed by atoms with Crippen molar-refractivity contribution in [3.05, 3.63) is 74.0 Å². The number of rotatable bonds is 5. The topological polar surface area (TPSA) is 7.12 Å². The van der Waals surface area contributed by atoms with E-state index in [-0.39, 0.29) is 21.0 Å². The van der Waals surface area contributed by atoms with E-state index in [4.69, 9.17) is 12.8 Å². The Morgan fingerprint density at radius 1 is 1.00 bits per heavy atom. The van der Waals surface area contributed by atoms with E-state index in [2.05, 4.69) is 68.6 Å². The smallest absolute Gasteiger partial charge is 0.257 e. The molecule has 3 heteroatoms. The van der Waals surface area contributed by atoms with Gasteiger partial charge in [-0.05, 0) is 48.3 Å². The number of benzene rings is 1. The molecule has 0 unspecified atom stereocenters. The molecule has 1 aliphatic rings. The Morgan fingerprint density at radius 3 is 2.62 bits per heavy atom. The van der Waals surface area contributed by atoms with E-state index in [1.165, 1.54) is 13.9 Å². The number of fused-ring (bicyclic) bond motifs is 1. The molecule has 29 heavy (non-hydrogen) atoms. The zero-order valence-corrected chi connectivity index (χ0v) is 18.8. The summed E-state index contributed by atoms with van der Waals surface area (Å²) < 4.78 is 6.01. The molecule has 2 heterocycles. The first-order valence-electron chi connectivity index (χ1n) is 9.67. The molecule has 1 aromatic heterocycles. The third-order valence-corrected chi connectivity index (χ3v) is 7.56. The van der Waals surface area contributed by atoms with Gasteiger partial charge in [-0.1, -0.05) is 18.2 Å². The molecule has 0 saturated heterocycles. The fraction of sp³-hybridized carbons (Fsp3) is 0.231. The number of hydrogen-bond acceptors (Lipinski definition) is 1. The minimum Gasteiger partial charge on any atom is -0.312 e. The van der Waals surface area contributed by atoms with E-state index in [0.29, 0.717) is 6.42 Å². The third-order valence-electron chi connectivity index (χ3n) is 4.51. The fourth-order valence-corrected chi connectivity index (χ4v) is 5.97. The summed E-state index contributed by atoms with van der Waals surface area (Å²) in [5.41, 5.74) is 3.29. The number of terminal acetylenes is 2. The van der Waals surface area contributed by atoms with Crippen LogP contribution in [0.4, 0.5) is 0 Å². The van der Waals surface area contributed by atoms with Crippen LogP contribution in [0.3, 0.4) is 0 Å². The summed E-state index contributed by atoms with van der Waals surface area (Å²) in [7, 11) is 0. The number of allylic oxidation sites excluding steroid dienone is 2. The minimum absolute atomic E-state index is 0.344. The Hall–Kier alpha value is -2.81. The summed E-state index contributed by atoms with van der Waals surface area (Å²) in [5, 5.41) is 1.31. The summed E-state index contributed by atoms with van der Waals surface area (Å²) in [4.78, 5) is 0. The quantitative estimate of drug-likeness (QED) is 0.202. The van der Waals surface area contributed by atoms with E-state index in [0.717, 1.165) is 37.3 Å². The van der Waals surface area contributed by atoms with Crippen molar-refractivity contribution < 1.29 is 4.57 Å². The third kappa shape index (κ3) is 5.60. The lowest BCUT2D eigenvalue weighted by atomic mass is 10.1. The largest absolute Gasteiger partial charge is 0.312 e. The Balaban J connectivity index is 2.03. The van der Waals surface area contributed by atoms with Crippen molar-refractivity contribution in [2.75, 3.05) is 6.54 Å². The molecule has 3 rings (SSSR count). The molecular formula is C26H24IN2+. The molecule has 0 atom stereocenters. The van der Waals surface area contributed by atoms with Crippen LogP contribution in [0.2, 0.25) is 0 Å². The maximum Gasteiger partial charge on any atom is 0.257 e. The predicted molar refractivity (Wildman–Crippen MR) is 128 cm³/mol. The summed E-state index contributed by atoms with van der Waals surface area (Å²) in [6.45, 7) is 3.87. The lowest BCUT2D eigenvalue weighted by Crippen LogP contribution is -2.36. The predicted octanol–water partition coefficient (Wildman–Crippen LogP) is 3.97. The summed E-state index contributed by atoms with van der Waals surface area (Å²) in [6, 6.07) is 14.7. The highest BCUT2D eigenvalue weighted by molar-refractivity contribution is 14.1. The molecule has 1 aromatic carbocycles. The summed E-state index contributed by atoms with van der Waals surface area (Å²) in [5.74, 6) is 12.3. The van der Waals surface area contributed by atoms with Crippen LogP contribution in [0.15, 0.2) is 59.9 Å². The second-order valence-corrected chi connectivity index (χ2v) is 9.47. The van der Waals surface area contributed by atoms with Crippen LogP contribution in [0.1, 0.15) is 31.9 Å². The average Bonchev–Trinajstić information content (AvgIpc) is 2.87. The normalized spacial score (nSPS) is 12.6. The van der Waals surface area contributed by atoms with Crippen LogP contribution in [0, 0.1) is 39.7 Å². The SMILES string of the molecule is C#CCCCN1I=c2ccccc2=CC(C)=C1C#Cc1cccc[n+]1CCC#C. The molecule has 2 aromatic rings. The van der Waals surface area contributed by atoms with Gasteiger partial charge >= 0.3 is 0 Å². The van der Waals surface area contributed by atoms with Gasteiger partial charge in [0.25, 0.3) is 5.69 Å². The first-order chi connectivity index (χ1) is 14.2. The Labute approximate surface area is 184 Å². The molecule has 0 radical (unpaired) electrons. The second-order valence-electron chi connectivity index (χ2n) is 6.66. The molecule has 0 fully saturated rings. The van der Waals surface area contributed by atoms with Crippen LogP contribution < -0.4 is 9.79 Å². The highest BCUT2D eigenvalue weighted by Crippen LogP contribution is 2.25. The van der Waals surface area contributed by atoms with Crippen LogP contribution in [-0.2, 0) is 6.54 Å². The first-order valence-corrected chi connectivity index (χ1v) is 11.7. The molecule has 1 aliphatic heterocycles. The second kappa shape index (κ2) is 10.7. The number of halogens is 1. The van der Waals surface area contributed by atoms with Crippen molar-refractivity contribution in [2.24, 2.45) is 0 Å². The number of pyridine rings is 1. The molecule has 0 spiro atoms. The Bertz CT molecular complexity index is 1180. The highest BCUT2D eigenvalue weighted by Gasteiger charge is 2.12. The van der Waals surface area contributed by atoms with Crippen LogP contribution >= 0.6 is 21.0 Å². The fourth-order valence-electron chi connectivity index (χ4n) is 3.04. The van der Waals surface area contributed by atoms with E-state index in [9.17, 15) is 0 Å².